The SMILES string of the molecule is CCN1CN(C)C=C1C1=CC2=CC3=NC(=CC4=NC(=CC5=NC(=CC1=N2)C=C5)C=C4)C=C3. The second kappa shape index (κ2) is 7.27. The molecule has 0 amide bonds. The summed E-state index contributed by atoms with van der Waals surface area (Å²) in [5.41, 5.74) is 9.42. The van der Waals surface area contributed by atoms with Crippen LogP contribution < -0.4 is 0 Å². The zero-order chi connectivity index (χ0) is 21.7. The van der Waals surface area contributed by atoms with Crippen molar-refractivity contribution < 1.29 is 0 Å². The second-order valence-electron chi connectivity index (χ2n) is 8.21. The van der Waals surface area contributed by atoms with E-state index in [1.807, 2.05) is 54.7 Å². The van der Waals surface area contributed by atoms with Crippen LogP contribution in [0.1, 0.15) is 6.92 Å². The lowest BCUT2D eigenvalue weighted by atomic mass is 10.1. The molecule has 0 aromatic rings. The van der Waals surface area contributed by atoms with Crippen LogP contribution in [0.5, 0.6) is 0 Å². The summed E-state index contributed by atoms with van der Waals surface area (Å²) in [6.07, 6.45) is 24.5. The van der Waals surface area contributed by atoms with Gasteiger partial charge in [-0.15, -0.1) is 0 Å². The van der Waals surface area contributed by atoms with Crippen molar-refractivity contribution in [3.05, 3.63) is 107 Å². The van der Waals surface area contributed by atoms with Gasteiger partial charge in [0, 0.05) is 25.4 Å². The number of rotatable bonds is 2. The molecule has 0 saturated carbocycles. The first kappa shape index (κ1) is 18.7. The van der Waals surface area contributed by atoms with Gasteiger partial charge in [-0.05, 0) is 73.8 Å². The van der Waals surface area contributed by atoms with Gasteiger partial charge in [0.15, 0.2) is 0 Å². The number of aliphatic imine (C=N–C) groups is 4. The highest BCUT2D eigenvalue weighted by atomic mass is 15.3. The highest BCUT2D eigenvalue weighted by Crippen LogP contribution is 2.31. The van der Waals surface area contributed by atoms with Crippen LogP contribution in [0, 0.1) is 0 Å². The van der Waals surface area contributed by atoms with Gasteiger partial charge in [-0.25, -0.2) is 20.0 Å². The van der Waals surface area contributed by atoms with E-state index >= 15 is 0 Å². The van der Waals surface area contributed by atoms with E-state index in [4.69, 9.17) is 15.0 Å². The van der Waals surface area contributed by atoms with Gasteiger partial charge < -0.3 is 9.80 Å². The highest BCUT2D eigenvalue weighted by Gasteiger charge is 2.26. The Kier molecular flexibility index (Phi) is 4.24. The summed E-state index contributed by atoms with van der Waals surface area (Å²) in [5.74, 6) is 0. The fourth-order valence-corrected chi connectivity index (χ4v) is 4.29. The molecule has 0 aromatic carbocycles. The average Bonchev–Trinajstić information content (AvgIpc) is 3.57. The molecular weight excluding hydrogens is 396 g/mol. The van der Waals surface area contributed by atoms with Gasteiger partial charge in [0.25, 0.3) is 0 Å². The van der Waals surface area contributed by atoms with E-state index in [1.54, 1.807) is 0 Å². The molecule has 32 heavy (non-hydrogen) atoms. The molecule has 0 spiro atoms. The van der Waals surface area contributed by atoms with E-state index in [9.17, 15) is 0 Å². The lowest BCUT2D eigenvalue weighted by Crippen LogP contribution is -2.26. The minimum atomic E-state index is 0.876. The monoisotopic (exact) mass is 418 g/mol. The van der Waals surface area contributed by atoms with Crippen LogP contribution in [-0.2, 0) is 0 Å². The molecule has 6 nitrogen and oxygen atoms in total. The molecule has 0 fully saturated rings. The molecule has 6 rings (SSSR count). The molecule has 156 valence electrons. The van der Waals surface area contributed by atoms with Gasteiger partial charge in [-0.3, -0.25) is 0 Å². The minimum absolute atomic E-state index is 0.876. The Labute approximate surface area is 187 Å². The van der Waals surface area contributed by atoms with E-state index in [2.05, 4.69) is 47.1 Å². The van der Waals surface area contributed by atoms with Gasteiger partial charge in [0.1, 0.15) is 0 Å². The molecule has 0 N–H and O–H groups in total. The van der Waals surface area contributed by atoms with Crippen molar-refractivity contribution in [1.82, 2.24) is 9.80 Å². The molecule has 0 aliphatic carbocycles. The quantitative estimate of drug-likeness (QED) is 0.680. The normalized spacial score (nSPS) is 22.8. The average molecular weight is 419 g/mol. The van der Waals surface area contributed by atoms with Gasteiger partial charge in [-0.1, -0.05) is 0 Å². The predicted octanol–water partition coefficient (Wildman–Crippen LogP) is 4.02. The molecular formula is C26H22N6. The maximum Gasteiger partial charge on any atom is 0.0896 e. The van der Waals surface area contributed by atoms with Crippen molar-refractivity contribution in [2.24, 2.45) is 20.0 Å². The van der Waals surface area contributed by atoms with Crippen LogP contribution in [0.2, 0.25) is 0 Å². The Morgan fingerprint density at radius 2 is 1.25 bits per heavy atom. The summed E-state index contributed by atoms with van der Waals surface area (Å²) in [7, 11) is 2.10. The van der Waals surface area contributed by atoms with Crippen molar-refractivity contribution >= 4 is 22.8 Å². The number of nitrogens with zero attached hydrogens (tertiary/aromatic N) is 6. The Morgan fingerprint density at radius 1 is 0.688 bits per heavy atom. The number of likely N-dealkylation sites (N-methyl/N-ethyl adjacent to an activating group) is 1. The lowest BCUT2D eigenvalue weighted by Gasteiger charge is -2.21. The second-order valence-corrected chi connectivity index (χ2v) is 8.21. The van der Waals surface area contributed by atoms with Gasteiger partial charge >= 0.3 is 0 Å². The highest BCUT2D eigenvalue weighted by molar-refractivity contribution is 6.17. The zero-order valence-corrected chi connectivity index (χ0v) is 18.0. The molecule has 6 aliphatic heterocycles. The standard InChI is InChI=1S/C26H22N6/c1-3-32-16-31(2)15-26(32)24-13-23-12-21-7-6-19(28-21)10-17-4-5-18(27-17)11-20-8-9-22(29-20)14-25(24)30-23/h4-15H,3,16H2,1-2H3. The van der Waals surface area contributed by atoms with Crippen molar-refractivity contribution in [3.63, 3.8) is 0 Å². The smallest absolute Gasteiger partial charge is 0.0896 e. The fraction of sp³-hybridized carbons (Fsp3) is 0.154. The number of hydrogen-bond acceptors (Lipinski definition) is 6. The number of hydrogen-bond donors (Lipinski definition) is 0. The fourth-order valence-electron chi connectivity index (χ4n) is 4.29. The maximum atomic E-state index is 4.95. The molecule has 8 bridgehead atoms. The summed E-state index contributed by atoms with van der Waals surface area (Å²) in [5, 5.41) is 0. The zero-order valence-electron chi connectivity index (χ0n) is 18.0. The molecule has 0 aromatic heterocycles. The van der Waals surface area contributed by atoms with E-state index in [0.29, 0.717) is 0 Å². The predicted molar refractivity (Wildman–Crippen MR) is 131 cm³/mol. The topological polar surface area (TPSA) is 55.9 Å². The van der Waals surface area contributed by atoms with E-state index in [0.717, 1.165) is 64.4 Å². The summed E-state index contributed by atoms with van der Waals surface area (Å²) < 4.78 is 0. The van der Waals surface area contributed by atoms with Crippen molar-refractivity contribution in [2.45, 2.75) is 6.92 Å². The molecule has 0 unspecified atom stereocenters. The van der Waals surface area contributed by atoms with Crippen LogP contribution in [0.4, 0.5) is 0 Å². The van der Waals surface area contributed by atoms with Crippen LogP contribution in [0.3, 0.4) is 0 Å². The van der Waals surface area contributed by atoms with Gasteiger partial charge in [0.05, 0.1) is 58.0 Å². The van der Waals surface area contributed by atoms with Crippen LogP contribution >= 0.6 is 0 Å². The molecule has 6 heterocycles. The lowest BCUT2D eigenvalue weighted by molar-refractivity contribution is 0.298. The first-order valence-corrected chi connectivity index (χ1v) is 10.8. The molecule has 6 aliphatic rings. The van der Waals surface area contributed by atoms with Gasteiger partial charge in [-0.2, -0.15) is 0 Å². The Bertz CT molecular complexity index is 1330. The van der Waals surface area contributed by atoms with E-state index in [1.165, 1.54) is 5.70 Å². The minimum Gasteiger partial charge on any atom is -0.361 e. The number of fused-ring (bicyclic) bond motifs is 4. The van der Waals surface area contributed by atoms with Crippen molar-refractivity contribution in [1.29, 1.82) is 0 Å². The third-order valence-electron chi connectivity index (χ3n) is 5.77. The Hall–Kier alpha value is -4.06. The van der Waals surface area contributed by atoms with E-state index < -0.39 is 0 Å². The number of allylic oxidation sites excluding steroid dienone is 12. The third kappa shape index (κ3) is 3.39. The Balaban J connectivity index is 1.48. The van der Waals surface area contributed by atoms with Crippen molar-refractivity contribution in [2.75, 3.05) is 20.3 Å². The Morgan fingerprint density at radius 3 is 1.84 bits per heavy atom. The summed E-state index contributed by atoms with van der Waals surface area (Å²) >= 11 is 0. The first-order chi connectivity index (χ1) is 15.6. The third-order valence-corrected chi connectivity index (χ3v) is 5.77. The summed E-state index contributed by atoms with van der Waals surface area (Å²) in [4.78, 5) is 23.7. The summed E-state index contributed by atoms with van der Waals surface area (Å²) in [6.45, 7) is 3.99. The maximum absolute atomic E-state index is 4.95. The summed E-state index contributed by atoms with van der Waals surface area (Å²) in [6, 6.07) is 0. The van der Waals surface area contributed by atoms with E-state index in [-0.39, 0.29) is 0 Å². The largest absolute Gasteiger partial charge is 0.361 e. The van der Waals surface area contributed by atoms with Gasteiger partial charge in [0.2, 0.25) is 0 Å². The molecule has 0 saturated heterocycles. The molecule has 0 atom stereocenters. The van der Waals surface area contributed by atoms with Crippen LogP contribution in [-0.4, -0.2) is 52.9 Å². The molecule has 0 radical (unpaired) electrons. The van der Waals surface area contributed by atoms with Crippen LogP contribution in [0.25, 0.3) is 0 Å². The van der Waals surface area contributed by atoms with Crippen LogP contribution in [0.15, 0.2) is 127 Å². The molecule has 6 heteroatoms. The first-order valence-electron chi connectivity index (χ1n) is 10.8. The van der Waals surface area contributed by atoms with Crippen molar-refractivity contribution in [3.8, 4) is 0 Å².